The van der Waals surface area contributed by atoms with E-state index in [2.05, 4.69) is 27.7 Å². The fourth-order valence-corrected chi connectivity index (χ4v) is 5.21. The van der Waals surface area contributed by atoms with Crippen molar-refractivity contribution < 1.29 is 19.1 Å². The Labute approximate surface area is 169 Å². The normalized spacial score (nSPS) is 33.1. The van der Waals surface area contributed by atoms with Crippen LogP contribution in [0.25, 0.3) is 0 Å². The number of benzene rings is 1. The lowest BCUT2D eigenvalue weighted by atomic mass is 9.81. The molecule has 4 nitrogen and oxygen atoms in total. The summed E-state index contributed by atoms with van der Waals surface area (Å²) in [5.41, 5.74) is 0.630. The first-order chi connectivity index (χ1) is 13.3. The molecule has 0 heterocycles. The maximum absolute atomic E-state index is 12.8. The average Bonchev–Trinajstić information content (AvgIpc) is 2.59. The van der Waals surface area contributed by atoms with Crippen LogP contribution < -0.4 is 0 Å². The minimum atomic E-state index is -0.413. The van der Waals surface area contributed by atoms with Gasteiger partial charge in [-0.1, -0.05) is 39.8 Å². The molecule has 0 bridgehead atoms. The fourth-order valence-electron chi connectivity index (χ4n) is 5.21. The van der Waals surface area contributed by atoms with Gasteiger partial charge >= 0.3 is 11.9 Å². The van der Waals surface area contributed by atoms with Gasteiger partial charge in [0.05, 0.1) is 11.1 Å². The van der Waals surface area contributed by atoms with Crippen LogP contribution in [0.2, 0.25) is 0 Å². The van der Waals surface area contributed by atoms with Crippen molar-refractivity contribution in [3.05, 3.63) is 35.4 Å². The van der Waals surface area contributed by atoms with Crippen LogP contribution in [-0.2, 0) is 9.47 Å². The molecule has 0 aliphatic heterocycles. The van der Waals surface area contributed by atoms with Crippen molar-refractivity contribution in [2.45, 2.75) is 78.4 Å². The molecule has 0 amide bonds. The number of carbonyl (C=O) groups excluding carboxylic acids is 2. The summed E-state index contributed by atoms with van der Waals surface area (Å²) < 4.78 is 11.6. The minimum Gasteiger partial charge on any atom is -0.459 e. The number of hydrogen-bond donors (Lipinski definition) is 0. The molecule has 4 unspecified atom stereocenters. The van der Waals surface area contributed by atoms with Crippen molar-refractivity contribution in [2.24, 2.45) is 23.7 Å². The Kier molecular flexibility index (Phi) is 6.79. The van der Waals surface area contributed by atoms with Crippen molar-refractivity contribution in [3.8, 4) is 0 Å². The van der Waals surface area contributed by atoms with Crippen molar-refractivity contribution in [2.75, 3.05) is 0 Å². The van der Waals surface area contributed by atoms with Gasteiger partial charge in [-0.15, -0.1) is 0 Å². The molecule has 2 saturated carbocycles. The average molecular weight is 387 g/mol. The molecule has 28 heavy (non-hydrogen) atoms. The van der Waals surface area contributed by atoms with Gasteiger partial charge in [0, 0.05) is 0 Å². The maximum Gasteiger partial charge on any atom is 0.339 e. The summed E-state index contributed by atoms with van der Waals surface area (Å²) in [6.45, 7) is 8.81. The highest BCUT2D eigenvalue weighted by Crippen LogP contribution is 2.32. The number of rotatable bonds is 4. The Balaban J connectivity index is 1.68. The van der Waals surface area contributed by atoms with Gasteiger partial charge in [-0.2, -0.15) is 0 Å². The summed E-state index contributed by atoms with van der Waals surface area (Å²) in [5.74, 6) is 1.39. The van der Waals surface area contributed by atoms with Crippen LogP contribution in [-0.4, -0.2) is 24.1 Å². The van der Waals surface area contributed by atoms with E-state index < -0.39 is 11.9 Å². The second-order valence-corrected chi connectivity index (χ2v) is 9.44. The Hall–Kier alpha value is -1.84. The minimum absolute atomic E-state index is 0.0737. The predicted molar refractivity (Wildman–Crippen MR) is 109 cm³/mol. The summed E-state index contributed by atoms with van der Waals surface area (Å²) >= 11 is 0. The van der Waals surface area contributed by atoms with E-state index in [-0.39, 0.29) is 12.2 Å². The van der Waals surface area contributed by atoms with Crippen LogP contribution in [0.3, 0.4) is 0 Å². The monoisotopic (exact) mass is 386 g/mol. The number of carbonyl (C=O) groups is 2. The van der Waals surface area contributed by atoms with E-state index in [4.69, 9.17) is 9.47 Å². The molecule has 154 valence electrons. The largest absolute Gasteiger partial charge is 0.459 e. The molecule has 2 aliphatic rings. The highest BCUT2D eigenvalue weighted by atomic mass is 16.5. The Morgan fingerprint density at radius 2 is 0.964 bits per heavy atom. The van der Waals surface area contributed by atoms with Gasteiger partial charge < -0.3 is 9.47 Å². The van der Waals surface area contributed by atoms with Crippen molar-refractivity contribution >= 4 is 11.9 Å². The summed E-state index contributed by atoms with van der Waals surface area (Å²) in [5, 5.41) is 0. The summed E-state index contributed by atoms with van der Waals surface area (Å²) in [4.78, 5) is 25.6. The second kappa shape index (κ2) is 9.11. The van der Waals surface area contributed by atoms with Crippen LogP contribution in [0.15, 0.2) is 24.3 Å². The molecule has 1 aromatic rings. The Morgan fingerprint density at radius 3 is 1.29 bits per heavy atom. The lowest BCUT2D eigenvalue weighted by Gasteiger charge is -2.31. The summed E-state index contributed by atoms with van der Waals surface area (Å²) in [6.07, 6.45) is 5.76. The summed E-state index contributed by atoms with van der Waals surface area (Å²) in [7, 11) is 0. The first-order valence-electron chi connectivity index (χ1n) is 10.8. The number of ether oxygens (including phenoxy) is 2. The zero-order chi connectivity index (χ0) is 20.3. The van der Waals surface area contributed by atoms with Gasteiger partial charge in [0.15, 0.2) is 0 Å². The smallest absolute Gasteiger partial charge is 0.339 e. The Morgan fingerprint density at radius 1 is 0.643 bits per heavy atom. The zero-order valence-electron chi connectivity index (χ0n) is 17.6. The molecule has 1 aromatic carbocycles. The Bertz CT molecular complexity index is 619. The quantitative estimate of drug-likeness (QED) is 0.628. The molecular formula is C24H34O4. The zero-order valence-corrected chi connectivity index (χ0v) is 17.6. The highest BCUT2D eigenvalue weighted by molar-refractivity contribution is 6.03. The number of hydrogen-bond acceptors (Lipinski definition) is 4. The molecule has 0 radical (unpaired) electrons. The molecule has 2 fully saturated rings. The van der Waals surface area contributed by atoms with E-state index in [0.29, 0.717) is 34.8 Å². The van der Waals surface area contributed by atoms with E-state index in [9.17, 15) is 9.59 Å². The summed E-state index contributed by atoms with van der Waals surface area (Å²) in [6, 6.07) is 6.87. The third kappa shape index (κ3) is 5.36. The van der Waals surface area contributed by atoms with E-state index >= 15 is 0 Å². The SMILES string of the molecule is CC1CC(C)CC(OC(=O)c2ccccc2C(=O)OC2CC(C)CC(C)C2)C1. The van der Waals surface area contributed by atoms with Gasteiger partial charge in [0.1, 0.15) is 12.2 Å². The number of esters is 2. The van der Waals surface area contributed by atoms with E-state index in [1.807, 2.05) is 0 Å². The molecule has 3 rings (SSSR count). The van der Waals surface area contributed by atoms with Gasteiger partial charge in [0.25, 0.3) is 0 Å². The van der Waals surface area contributed by atoms with Crippen LogP contribution in [0, 0.1) is 23.7 Å². The predicted octanol–water partition coefficient (Wildman–Crippen LogP) is 5.65. The second-order valence-electron chi connectivity index (χ2n) is 9.44. The van der Waals surface area contributed by atoms with Crippen LogP contribution in [0.4, 0.5) is 0 Å². The molecule has 0 saturated heterocycles. The molecule has 4 heteroatoms. The van der Waals surface area contributed by atoms with E-state index in [1.54, 1.807) is 24.3 Å². The lowest BCUT2D eigenvalue weighted by molar-refractivity contribution is 0.00356. The van der Waals surface area contributed by atoms with Crippen molar-refractivity contribution in [1.82, 2.24) is 0 Å². The molecule has 0 spiro atoms. The lowest BCUT2D eigenvalue weighted by Crippen LogP contribution is -2.30. The maximum atomic E-state index is 12.8. The first-order valence-corrected chi connectivity index (χ1v) is 10.8. The topological polar surface area (TPSA) is 52.6 Å². The van der Waals surface area contributed by atoms with Gasteiger partial charge in [-0.25, -0.2) is 9.59 Å². The van der Waals surface area contributed by atoms with E-state index in [0.717, 1.165) is 25.7 Å². The third-order valence-electron chi connectivity index (χ3n) is 6.18. The van der Waals surface area contributed by atoms with E-state index in [1.165, 1.54) is 12.8 Å². The molecular weight excluding hydrogens is 352 g/mol. The first kappa shape index (κ1) is 20.9. The third-order valence-corrected chi connectivity index (χ3v) is 6.18. The van der Waals surface area contributed by atoms with Crippen LogP contribution >= 0.6 is 0 Å². The molecule has 4 atom stereocenters. The van der Waals surface area contributed by atoms with Crippen molar-refractivity contribution in [1.29, 1.82) is 0 Å². The van der Waals surface area contributed by atoms with Gasteiger partial charge in [0.2, 0.25) is 0 Å². The van der Waals surface area contributed by atoms with Crippen LogP contribution in [0.1, 0.15) is 86.9 Å². The molecule has 0 aromatic heterocycles. The van der Waals surface area contributed by atoms with Gasteiger partial charge in [-0.3, -0.25) is 0 Å². The van der Waals surface area contributed by atoms with Gasteiger partial charge in [-0.05, 0) is 74.3 Å². The van der Waals surface area contributed by atoms with Crippen molar-refractivity contribution in [3.63, 3.8) is 0 Å². The fraction of sp³-hybridized carbons (Fsp3) is 0.667. The highest BCUT2D eigenvalue weighted by Gasteiger charge is 2.30. The molecule has 0 N–H and O–H groups in total. The van der Waals surface area contributed by atoms with Crippen LogP contribution in [0.5, 0.6) is 0 Å². The standard InChI is InChI=1S/C24H34O4/c1-15-9-16(2)12-19(11-15)27-23(25)21-7-5-6-8-22(21)24(26)28-20-13-17(3)10-18(4)14-20/h5-8,15-20H,9-14H2,1-4H3. The molecule has 2 aliphatic carbocycles.